The molecule has 3 N–H and O–H groups in total. The van der Waals surface area contributed by atoms with Gasteiger partial charge in [0.1, 0.15) is 11.5 Å². The van der Waals surface area contributed by atoms with Gasteiger partial charge in [-0.2, -0.15) is 0 Å². The Morgan fingerprint density at radius 3 is 2.73 bits per heavy atom. The van der Waals surface area contributed by atoms with Crippen molar-refractivity contribution < 1.29 is 9.59 Å². The third-order valence-corrected chi connectivity index (χ3v) is 1.91. The Balaban J connectivity index is 2.42. The number of nitrogens with one attached hydrogen (secondary N) is 3. The van der Waals surface area contributed by atoms with Crippen molar-refractivity contribution in [2.24, 2.45) is 0 Å². The van der Waals surface area contributed by atoms with Gasteiger partial charge in [-0.3, -0.25) is 9.59 Å². The molecule has 2 aromatic rings. The molecule has 0 atom stereocenters. The van der Waals surface area contributed by atoms with Crippen LogP contribution in [0.5, 0.6) is 0 Å². The summed E-state index contributed by atoms with van der Waals surface area (Å²) in [5, 5.41) is 5.79. The number of anilines is 2. The van der Waals surface area contributed by atoms with Crippen LogP contribution in [0.25, 0.3) is 11.0 Å². The summed E-state index contributed by atoms with van der Waals surface area (Å²) in [4.78, 5) is 27.4. The summed E-state index contributed by atoms with van der Waals surface area (Å²) in [7, 11) is 0. The minimum absolute atomic E-state index is 0.566. The highest BCUT2D eigenvalue weighted by Crippen LogP contribution is 2.19. The number of rotatable bonds is 4. The number of hydrogen-bond acceptors (Lipinski definition) is 3. The topological polar surface area (TPSA) is 86.9 Å². The zero-order valence-corrected chi connectivity index (χ0v) is 7.65. The van der Waals surface area contributed by atoms with Crippen LogP contribution >= 0.6 is 0 Å². The first kappa shape index (κ1) is 9.20. The normalized spacial score (nSPS) is 9.87. The molecule has 0 saturated heterocycles. The monoisotopic (exact) mass is 204 g/mol. The highest BCUT2D eigenvalue weighted by molar-refractivity contribution is 5.87. The van der Waals surface area contributed by atoms with Gasteiger partial charge < -0.3 is 15.6 Å². The standard InChI is InChI=1S/C9H8N4O2/c14-4-11-7-1-6-2-8(12-5-15)13-9(6)10-3-7/h1-5H,(H,10,13)(H,11,14)(H,12,15). The zero-order chi connectivity index (χ0) is 10.7. The van der Waals surface area contributed by atoms with Crippen LogP contribution in [0.2, 0.25) is 0 Å². The molecule has 0 spiro atoms. The predicted molar refractivity (Wildman–Crippen MR) is 55.5 cm³/mol. The second kappa shape index (κ2) is 3.79. The van der Waals surface area contributed by atoms with Gasteiger partial charge in [0.15, 0.2) is 0 Å². The molecule has 2 aromatic heterocycles. The smallest absolute Gasteiger partial charge is 0.212 e. The molecule has 0 radical (unpaired) electrons. The SMILES string of the molecule is O=CNc1cnc2[nH]c(NC=O)cc2c1. The number of pyridine rings is 1. The van der Waals surface area contributed by atoms with Crippen LogP contribution in [-0.4, -0.2) is 22.8 Å². The number of amides is 2. The van der Waals surface area contributed by atoms with Crippen molar-refractivity contribution >= 4 is 35.4 Å². The number of aromatic amines is 1. The Labute approximate surface area is 84.7 Å². The van der Waals surface area contributed by atoms with E-state index in [2.05, 4.69) is 20.6 Å². The number of fused-ring (bicyclic) bond motifs is 1. The van der Waals surface area contributed by atoms with Crippen LogP contribution in [0.1, 0.15) is 0 Å². The molecule has 76 valence electrons. The lowest BCUT2D eigenvalue weighted by Crippen LogP contribution is -1.93. The summed E-state index contributed by atoms with van der Waals surface area (Å²) in [6.07, 6.45) is 2.69. The molecule has 0 unspecified atom stereocenters. The van der Waals surface area contributed by atoms with Gasteiger partial charge in [0.05, 0.1) is 11.9 Å². The lowest BCUT2D eigenvalue weighted by molar-refractivity contribution is -0.106. The highest BCUT2D eigenvalue weighted by atomic mass is 16.1. The van der Waals surface area contributed by atoms with Gasteiger partial charge in [0.25, 0.3) is 0 Å². The van der Waals surface area contributed by atoms with Gasteiger partial charge in [0.2, 0.25) is 12.8 Å². The molecule has 0 bridgehead atoms. The summed E-state index contributed by atoms with van der Waals surface area (Å²) in [6, 6.07) is 3.48. The highest BCUT2D eigenvalue weighted by Gasteiger charge is 2.01. The fourth-order valence-electron chi connectivity index (χ4n) is 1.30. The summed E-state index contributed by atoms with van der Waals surface area (Å²) < 4.78 is 0. The van der Waals surface area contributed by atoms with Gasteiger partial charge in [-0.1, -0.05) is 0 Å². The average molecular weight is 204 g/mol. The Bertz CT molecular complexity index is 498. The number of H-pyrrole nitrogens is 1. The van der Waals surface area contributed by atoms with E-state index in [1.54, 1.807) is 12.1 Å². The molecule has 2 amide bonds. The second-order valence-electron chi connectivity index (χ2n) is 2.87. The number of aromatic nitrogens is 2. The molecule has 0 saturated carbocycles. The van der Waals surface area contributed by atoms with E-state index in [9.17, 15) is 9.59 Å². The van der Waals surface area contributed by atoms with Crippen molar-refractivity contribution in [1.82, 2.24) is 9.97 Å². The van der Waals surface area contributed by atoms with Crippen LogP contribution < -0.4 is 10.6 Å². The van der Waals surface area contributed by atoms with Crippen molar-refractivity contribution in [2.75, 3.05) is 10.6 Å². The van der Waals surface area contributed by atoms with Gasteiger partial charge in [-0.25, -0.2) is 4.98 Å². The largest absolute Gasteiger partial charge is 0.327 e. The number of carbonyl (C=O) groups excluding carboxylic acids is 2. The molecular weight excluding hydrogens is 196 g/mol. The lowest BCUT2D eigenvalue weighted by Gasteiger charge is -1.95. The Morgan fingerprint density at radius 1 is 1.20 bits per heavy atom. The quantitative estimate of drug-likeness (QED) is 0.640. The molecule has 2 heterocycles. The molecule has 0 fully saturated rings. The molecule has 6 heteroatoms. The van der Waals surface area contributed by atoms with Crippen LogP contribution in [0.15, 0.2) is 18.3 Å². The van der Waals surface area contributed by atoms with Gasteiger partial charge in [0, 0.05) is 5.39 Å². The third kappa shape index (κ3) is 1.78. The molecule has 6 nitrogen and oxygen atoms in total. The van der Waals surface area contributed by atoms with Crippen molar-refractivity contribution in [3.05, 3.63) is 18.3 Å². The third-order valence-electron chi connectivity index (χ3n) is 1.91. The minimum Gasteiger partial charge on any atom is -0.327 e. The van der Waals surface area contributed by atoms with Crippen molar-refractivity contribution in [2.45, 2.75) is 0 Å². The maximum absolute atomic E-state index is 10.2. The molecule has 2 rings (SSSR count). The Kier molecular flexibility index (Phi) is 2.32. The summed E-state index contributed by atoms with van der Waals surface area (Å²) in [5.74, 6) is 0.566. The van der Waals surface area contributed by atoms with Crippen LogP contribution in [0.4, 0.5) is 11.5 Å². The van der Waals surface area contributed by atoms with Crippen LogP contribution in [-0.2, 0) is 9.59 Å². The van der Waals surface area contributed by atoms with E-state index in [1.807, 2.05) is 0 Å². The summed E-state index contributed by atoms with van der Waals surface area (Å²) >= 11 is 0. The first-order valence-electron chi connectivity index (χ1n) is 4.22. The van der Waals surface area contributed by atoms with Gasteiger partial charge in [-0.15, -0.1) is 0 Å². The molecule has 0 aliphatic carbocycles. The Morgan fingerprint density at radius 2 is 2.00 bits per heavy atom. The molecular formula is C9H8N4O2. The number of nitrogens with zero attached hydrogens (tertiary/aromatic N) is 1. The first-order chi connectivity index (χ1) is 7.33. The molecule has 0 aromatic carbocycles. The Hall–Kier alpha value is -2.37. The molecule has 0 aliphatic heterocycles. The van der Waals surface area contributed by atoms with E-state index in [-0.39, 0.29) is 0 Å². The van der Waals surface area contributed by atoms with Crippen LogP contribution in [0.3, 0.4) is 0 Å². The van der Waals surface area contributed by atoms with Crippen LogP contribution in [0, 0.1) is 0 Å². The zero-order valence-electron chi connectivity index (χ0n) is 7.65. The number of carbonyl (C=O) groups is 2. The average Bonchev–Trinajstić information content (AvgIpc) is 2.60. The maximum atomic E-state index is 10.2. The van der Waals surface area contributed by atoms with Crippen molar-refractivity contribution in [3.8, 4) is 0 Å². The summed E-state index contributed by atoms with van der Waals surface area (Å²) in [6.45, 7) is 0. The van der Waals surface area contributed by atoms with Crippen molar-refractivity contribution in [3.63, 3.8) is 0 Å². The van der Waals surface area contributed by atoms with E-state index >= 15 is 0 Å². The van der Waals surface area contributed by atoms with E-state index in [1.165, 1.54) is 6.20 Å². The van der Waals surface area contributed by atoms with Gasteiger partial charge in [-0.05, 0) is 12.1 Å². The molecule has 0 aliphatic rings. The van der Waals surface area contributed by atoms with E-state index in [4.69, 9.17) is 0 Å². The molecule has 15 heavy (non-hydrogen) atoms. The fourth-order valence-corrected chi connectivity index (χ4v) is 1.30. The first-order valence-corrected chi connectivity index (χ1v) is 4.22. The van der Waals surface area contributed by atoms with E-state index in [0.717, 1.165) is 5.39 Å². The predicted octanol–water partition coefficient (Wildman–Crippen LogP) is 0.700. The van der Waals surface area contributed by atoms with E-state index in [0.29, 0.717) is 30.0 Å². The summed E-state index contributed by atoms with van der Waals surface area (Å²) in [5.41, 5.74) is 1.25. The van der Waals surface area contributed by atoms with Crippen molar-refractivity contribution in [1.29, 1.82) is 0 Å². The minimum atomic E-state index is 0.566. The number of hydrogen-bond donors (Lipinski definition) is 3. The maximum Gasteiger partial charge on any atom is 0.212 e. The van der Waals surface area contributed by atoms with Gasteiger partial charge >= 0.3 is 0 Å². The fraction of sp³-hybridized carbons (Fsp3) is 0. The van der Waals surface area contributed by atoms with E-state index < -0.39 is 0 Å². The lowest BCUT2D eigenvalue weighted by atomic mass is 10.3. The second-order valence-corrected chi connectivity index (χ2v) is 2.87.